The van der Waals surface area contributed by atoms with Gasteiger partial charge in [0.2, 0.25) is 0 Å². The van der Waals surface area contributed by atoms with Gasteiger partial charge in [-0.1, -0.05) is 54.1 Å². The first-order valence-electron chi connectivity index (χ1n) is 9.23. The van der Waals surface area contributed by atoms with Gasteiger partial charge in [-0.2, -0.15) is 0 Å². The second kappa shape index (κ2) is 7.24. The second-order valence-corrected chi connectivity index (χ2v) is 7.07. The summed E-state index contributed by atoms with van der Waals surface area (Å²) in [7, 11) is 0. The van der Waals surface area contributed by atoms with Crippen LogP contribution in [0.3, 0.4) is 0 Å². The van der Waals surface area contributed by atoms with Crippen LogP contribution in [0, 0.1) is 13.8 Å². The fraction of sp³-hybridized carbons (Fsp3) is 0.125. The largest absolute Gasteiger partial charge is 0.449 e. The number of aryl methyl sites for hydroxylation is 2. The van der Waals surface area contributed by atoms with Gasteiger partial charge in [0.15, 0.2) is 11.5 Å². The summed E-state index contributed by atoms with van der Waals surface area (Å²) >= 11 is 0. The molecule has 140 valence electrons. The number of carbonyl (C=O) groups excluding carboxylic acids is 1. The van der Waals surface area contributed by atoms with E-state index in [1.54, 1.807) is 23.1 Å². The highest BCUT2D eigenvalue weighted by atomic mass is 16.5. The van der Waals surface area contributed by atoms with Crippen LogP contribution in [-0.2, 0) is 11.3 Å². The summed E-state index contributed by atoms with van der Waals surface area (Å²) in [6.45, 7) is 4.52. The fourth-order valence-electron chi connectivity index (χ4n) is 3.35. The van der Waals surface area contributed by atoms with E-state index in [9.17, 15) is 4.79 Å². The predicted molar refractivity (Wildman–Crippen MR) is 113 cm³/mol. The maximum atomic E-state index is 13.3. The molecule has 0 aliphatic carbocycles. The molecule has 0 atom stereocenters. The Hall–Kier alpha value is -3.53. The van der Waals surface area contributed by atoms with E-state index in [1.807, 2.05) is 68.4 Å². The number of hydrogen-bond donors (Lipinski definition) is 1. The summed E-state index contributed by atoms with van der Waals surface area (Å²) in [5.41, 5.74) is 11.5. The van der Waals surface area contributed by atoms with Crippen LogP contribution in [0.1, 0.15) is 22.3 Å². The van der Waals surface area contributed by atoms with E-state index in [2.05, 4.69) is 0 Å². The van der Waals surface area contributed by atoms with Crippen molar-refractivity contribution < 1.29 is 9.53 Å². The number of fused-ring (bicyclic) bond motifs is 1. The SMILES string of the molecule is Cc1cccc(/C=C2/Oc3ccc(N)cc3N(Cc3ccccc3C)C2=O)c1. The molecule has 0 spiro atoms. The van der Waals surface area contributed by atoms with Crippen LogP contribution < -0.4 is 15.4 Å². The van der Waals surface area contributed by atoms with E-state index < -0.39 is 0 Å². The van der Waals surface area contributed by atoms with Crippen LogP contribution >= 0.6 is 0 Å². The summed E-state index contributed by atoms with van der Waals surface area (Å²) in [4.78, 5) is 15.0. The molecule has 0 saturated carbocycles. The number of carbonyl (C=O) groups is 1. The van der Waals surface area contributed by atoms with E-state index in [1.165, 1.54) is 0 Å². The minimum atomic E-state index is -0.178. The zero-order valence-corrected chi connectivity index (χ0v) is 16.0. The molecule has 2 N–H and O–H groups in total. The Bertz CT molecular complexity index is 1090. The highest BCUT2D eigenvalue weighted by Gasteiger charge is 2.30. The average molecular weight is 370 g/mol. The van der Waals surface area contributed by atoms with Crippen LogP contribution in [0.4, 0.5) is 11.4 Å². The lowest BCUT2D eigenvalue weighted by Crippen LogP contribution is -2.37. The van der Waals surface area contributed by atoms with Crippen molar-refractivity contribution in [2.75, 3.05) is 10.6 Å². The van der Waals surface area contributed by atoms with Gasteiger partial charge < -0.3 is 10.5 Å². The van der Waals surface area contributed by atoms with Gasteiger partial charge in [0, 0.05) is 5.69 Å². The number of rotatable bonds is 3. The molecule has 0 radical (unpaired) electrons. The van der Waals surface area contributed by atoms with Crippen molar-refractivity contribution in [1.29, 1.82) is 0 Å². The molecule has 28 heavy (non-hydrogen) atoms. The first kappa shape index (κ1) is 17.9. The molecule has 4 nitrogen and oxygen atoms in total. The molecular formula is C24H22N2O2. The van der Waals surface area contributed by atoms with Gasteiger partial charge in [-0.15, -0.1) is 0 Å². The predicted octanol–water partition coefficient (Wildman–Crippen LogP) is 4.85. The van der Waals surface area contributed by atoms with Crippen LogP contribution in [0.5, 0.6) is 5.75 Å². The molecule has 4 heteroatoms. The standard InChI is InChI=1S/C24H22N2O2/c1-16-6-5-8-18(12-16)13-23-24(27)26(15-19-9-4-3-7-17(19)2)21-14-20(25)10-11-22(21)28-23/h3-14H,15,25H2,1-2H3/b23-13+. The van der Waals surface area contributed by atoms with Crippen molar-refractivity contribution >= 4 is 23.4 Å². The van der Waals surface area contributed by atoms with Gasteiger partial charge in [-0.05, 0) is 54.8 Å². The molecule has 1 heterocycles. The summed E-state index contributed by atoms with van der Waals surface area (Å²) in [6, 6.07) is 21.4. The van der Waals surface area contributed by atoms with E-state index in [-0.39, 0.29) is 5.91 Å². The zero-order chi connectivity index (χ0) is 19.7. The third kappa shape index (κ3) is 3.49. The lowest BCUT2D eigenvalue weighted by molar-refractivity contribution is -0.117. The number of ether oxygens (including phenoxy) is 1. The van der Waals surface area contributed by atoms with E-state index in [0.29, 0.717) is 29.4 Å². The normalized spacial score (nSPS) is 14.7. The fourth-order valence-corrected chi connectivity index (χ4v) is 3.35. The Labute approximate surface area is 164 Å². The zero-order valence-electron chi connectivity index (χ0n) is 16.0. The van der Waals surface area contributed by atoms with Gasteiger partial charge in [-0.25, -0.2) is 0 Å². The van der Waals surface area contributed by atoms with Gasteiger partial charge in [0.05, 0.1) is 12.2 Å². The number of amides is 1. The lowest BCUT2D eigenvalue weighted by atomic mass is 10.1. The Morgan fingerprint density at radius 3 is 2.61 bits per heavy atom. The maximum absolute atomic E-state index is 13.3. The molecule has 1 amide bonds. The van der Waals surface area contributed by atoms with Crippen molar-refractivity contribution in [3.05, 3.63) is 94.7 Å². The highest BCUT2D eigenvalue weighted by Crippen LogP contribution is 2.38. The monoisotopic (exact) mass is 370 g/mol. The number of benzene rings is 3. The van der Waals surface area contributed by atoms with Crippen molar-refractivity contribution in [3.8, 4) is 5.75 Å². The molecule has 1 aliphatic heterocycles. The smallest absolute Gasteiger partial charge is 0.294 e. The van der Waals surface area contributed by atoms with Gasteiger partial charge >= 0.3 is 0 Å². The molecule has 0 saturated heterocycles. The molecule has 1 aliphatic rings. The Morgan fingerprint density at radius 1 is 1.00 bits per heavy atom. The first-order valence-corrected chi connectivity index (χ1v) is 9.23. The number of nitrogens with two attached hydrogens (primary N) is 1. The topological polar surface area (TPSA) is 55.6 Å². The Balaban J connectivity index is 1.78. The van der Waals surface area contributed by atoms with E-state index >= 15 is 0 Å². The first-order chi connectivity index (χ1) is 13.5. The quantitative estimate of drug-likeness (QED) is 0.529. The highest BCUT2D eigenvalue weighted by molar-refractivity contribution is 6.10. The van der Waals surface area contributed by atoms with Crippen LogP contribution in [0.2, 0.25) is 0 Å². The lowest BCUT2D eigenvalue weighted by Gasteiger charge is -2.31. The minimum Gasteiger partial charge on any atom is -0.449 e. The molecule has 4 rings (SSSR count). The molecule has 0 unspecified atom stereocenters. The van der Waals surface area contributed by atoms with Crippen molar-refractivity contribution in [2.24, 2.45) is 0 Å². The van der Waals surface area contributed by atoms with E-state index in [4.69, 9.17) is 10.5 Å². The molecule has 0 fully saturated rings. The third-order valence-corrected chi connectivity index (χ3v) is 4.88. The summed E-state index contributed by atoms with van der Waals surface area (Å²) < 4.78 is 5.96. The van der Waals surface area contributed by atoms with Crippen molar-refractivity contribution in [1.82, 2.24) is 0 Å². The average Bonchev–Trinajstić information content (AvgIpc) is 2.67. The van der Waals surface area contributed by atoms with Gasteiger partial charge in [-0.3, -0.25) is 9.69 Å². The van der Waals surface area contributed by atoms with Crippen molar-refractivity contribution in [3.63, 3.8) is 0 Å². The third-order valence-electron chi connectivity index (χ3n) is 4.88. The summed E-state index contributed by atoms with van der Waals surface area (Å²) in [6.07, 6.45) is 1.79. The number of nitrogen functional groups attached to an aromatic ring is 1. The van der Waals surface area contributed by atoms with Gasteiger partial charge in [0.25, 0.3) is 5.91 Å². The van der Waals surface area contributed by atoms with E-state index in [0.717, 1.165) is 22.3 Å². The summed E-state index contributed by atoms with van der Waals surface area (Å²) in [5, 5.41) is 0. The van der Waals surface area contributed by atoms with Crippen molar-refractivity contribution in [2.45, 2.75) is 20.4 Å². The summed E-state index contributed by atoms with van der Waals surface area (Å²) in [5.74, 6) is 0.751. The Morgan fingerprint density at radius 2 is 1.82 bits per heavy atom. The van der Waals surface area contributed by atoms with Gasteiger partial charge in [0.1, 0.15) is 0 Å². The number of anilines is 2. The van der Waals surface area contributed by atoms with Crippen LogP contribution in [0.15, 0.2) is 72.5 Å². The Kier molecular flexibility index (Phi) is 4.62. The molecule has 0 bridgehead atoms. The number of hydrogen-bond acceptors (Lipinski definition) is 3. The number of nitrogens with zero attached hydrogens (tertiary/aromatic N) is 1. The molecule has 0 aromatic heterocycles. The molecule has 3 aromatic carbocycles. The minimum absolute atomic E-state index is 0.178. The molecule has 3 aromatic rings. The second-order valence-electron chi connectivity index (χ2n) is 7.07. The van der Waals surface area contributed by atoms with Crippen LogP contribution in [0.25, 0.3) is 6.08 Å². The van der Waals surface area contributed by atoms with Crippen LogP contribution in [-0.4, -0.2) is 5.91 Å². The molecular weight excluding hydrogens is 348 g/mol. The maximum Gasteiger partial charge on any atom is 0.294 e.